The lowest BCUT2D eigenvalue weighted by atomic mass is 9.76. The average Bonchev–Trinajstić information content (AvgIpc) is 2.95. The molecule has 3 rings (SSSR count). The number of hydrogen-bond donors (Lipinski definition) is 0. The van der Waals surface area contributed by atoms with Crippen LogP contribution in [0, 0.1) is 5.41 Å². The molecule has 2 aromatic rings. The molecule has 2 aromatic heterocycles. The van der Waals surface area contributed by atoms with Gasteiger partial charge in [-0.25, -0.2) is 4.68 Å². The molecule has 2 heterocycles. The Labute approximate surface area is 128 Å². The van der Waals surface area contributed by atoms with Crippen molar-refractivity contribution in [1.29, 1.82) is 0 Å². The fourth-order valence-electron chi connectivity index (χ4n) is 2.50. The fourth-order valence-corrected chi connectivity index (χ4v) is 2.65. The molecular formula is C14H18ClN5O. The summed E-state index contributed by atoms with van der Waals surface area (Å²) in [6.07, 6.45) is 7.84. The number of aromatic nitrogens is 5. The van der Waals surface area contributed by atoms with Gasteiger partial charge in [0.15, 0.2) is 0 Å². The van der Waals surface area contributed by atoms with Crippen LogP contribution in [0.2, 0.25) is 5.28 Å². The van der Waals surface area contributed by atoms with E-state index in [0.29, 0.717) is 11.4 Å². The SMILES string of the molecule is CC1(C)CCC(Oc2nc(Cl)nc(-n3cccn3)n2)CC1. The lowest BCUT2D eigenvalue weighted by Gasteiger charge is -2.33. The molecule has 112 valence electrons. The van der Waals surface area contributed by atoms with Gasteiger partial charge in [-0.15, -0.1) is 0 Å². The lowest BCUT2D eigenvalue weighted by Crippen LogP contribution is -2.29. The highest BCUT2D eigenvalue weighted by Crippen LogP contribution is 2.36. The molecule has 1 fully saturated rings. The summed E-state index contributed by atoms with van der Waals surface area (Å²) in [7, 11) is 0. The summed E-state index contributed by atoms with van der Waals surface area (Å²) in [5, 5.41) is 4.20. The predicted octanol–water partition coefficient (Wildman–Crippen LogP) is 3.06. The van der Waals surface area contributed by atoms with Gasteiger partial charge in [0, 0.05) is 12.4 Å². The monoisotopic (exact) mass is 307 g/mol. The molecule has 0 aliphatic heterocycles. The van der Waals surface area contributed by atoms with Crippen LogP contribution < -0.4 is 4.74 Å². The van der Waals surface area contributed by atoms with Crippen LogP contribution in [0.15, 0.2) is 18.5 Å². The van der Waals surface area contributed by atoms with Gasteiger partial charge < -0.3 is 4.74 Å². The van der Waals surface area contributed by atoms with Gasteiger partial charge in [0.25, 0.3) is 5.95 Å². The van der Waals surface area contributed by atoms with E-state index in [9.17, 15) is 0 Å². The number of halogens is 1. The first-order chi connectivity index (χ1) is 10.0. The quantitative estimate of drug-likeness (QED) is 0.872. The van der Waals surface area contributed by atoms with E-state index in [2.05, 4.69) is 33.9 Å². The summed E-state index contributed by atoms with van der Waals surface area (Å²) >= 11 is 5.95. The van der Waals surface area contributed by atoms with Gasteiger partial charge in [-0.3, -0.25) is 0 Å². The Bertz CT molecular complexity index is 604. The molecule has 0 saturated heterocycles. The van der Waals surface area contributed by atoms with Crippen LogP contribution in [-0.2, 0) is 0 Å². The van der Waals surface area contributed by atoms with Crippen molar-refractivity contribution in [2.24, 2.45) is 5.41 Å². The van der Waals surface area contributed by atoms with E-state index in [0.717, 1.165) is 25.7 Å². The Kier molecular flexibility index (Phi) is 3.80. The zero-order valence-corrected chi connectivity index (χ0v) is 12.9. The number of ether oxygens (including phenoxy) is 1. The summed E-state index contributed by atoms with van der Waals surface area (Å²) in [6.45, 7) is 4.58. The molecule has 0 spiro atoms. The first kappa shape index (κ1) is 14.3. The smallest absolute Gasteiger partial charge is 0.322 e. The topological polar surface area (TPSA) is 65.7 Å². The predicted molar refractivity (Wildman–Crippen MR) is 78.6 cm³/mol. The highest BCUT2D eigenvalue weighted by atomic mass is 35.5. The van der Waals surface area contributed by atoms with E-state index in [1.165, 1.54) is 4.68 Å². The normalized spacial score (nSPS) is 18.6. The van der Waals surface area contributed by atoms with Crippen molar-refractivity contribution >= 4 is 11.6 Å². The molecule has 0 radical (unpaired) electrons. The fraction of sp³-hybridized carbons (Fsp3) is 0.571. The Morgan fingerprint density at radius 2 is 2.00 bits per heavy atom. The first-order valence-corrected chi connectivity index (χ1v) is 7.48. The standard InChI is InChI=1S/C14H18ClN5O/c1-14(2)6-4-10(5-7-14)21-13-18-11(15)17-12(19-13)20-9-3-8-16-20/h3,8-10H,4-7H2,1-2H3. The summed E-state index contributed by atoms with van der Waals surface area (Å²) in [4.78, 5) is 12.4. The van der Waals surface area contributed by atoms with E-state index in [1.807, 2.05) is 0 Å². The van der Waals surface area contributed by atoms with Gasteiger partial charge in [-0.1, -0.05) is 13.8 Å². The van der Waals surface area contributed by atoms with Crippen molar-refractivity contribution in [3.63, 3.8) is 0 Å². The second-order valence-electron chi connectivity index (χ2n) is 6.12. The van der Waals surface area contributed by atoms with Gasteiger partial charge in [-0.05, 0) is 48.8 Å². The molecule has 1 saturated carbocycles. The van der Waals surface area contributed by atoms with E-state index in [1.54, 1.807) is 18.5 Å². The molecule has 1 aliphatic carbocycles. The van der Waals surface area contributed by atoms with Gasteiger partial charge in [0.2, 0.25) is 5.28 Å². The van der Waals surface area contributed by atoms with Crippen molar-refractivity contribution in [2.75, 3.05) is 0 Å². The van der Waals surface area contributed by atoms with Gasteiger partial charge in [0.05, 0.1) is 0 Å². The van der Waals surface area contributed by atoms with Crippen LogP contribution in [0.5, 0.6) is 6.01 Å². The zero-order chi connectivity index (χ0) is 14.9. The largest absolute Gasteiger partial charge is 0.460 e. The first-order valence-electron chi connectivity index (χ1n) is 7.10. The minimum absolute atomic E-state index is 0.113. The summed E-state index contributed by atoms with van der Waals surface area (Å²) in [5.41, 5.74) is 0.400. The minimum Gasteiger partial charge on any atom is -0.460 e. The number of rotatable bonds is 3. The van der Waals surface area contributed by atoms with Crippen molar-refractivity contribution in [1.82, 2.24) is 24.7 Å². The zero-order valence-electron chi connectivity index (χ0n) is 12.2. The van der Waals surface area contributed by atoms with Gasteiger partial charge in [0.1, 0.15) is 6.10 Å². The van der Waals surface area contributed by atoms with Crippen LogP contribution in [0.1, 0.15) is 39.5 Å². The van der Waals surface area contributed by atoms with Crippen molar-refractivity contribution in [3.8, 4) is 12.0 Å². The third-order valence-electron chi connectivity index (χ3n) is 3.84. The Balaban J connectivity index is 1.74. The van der Waals surface area contributed by atoms with E-state index in [-0.39, 0.29) is 17.4 Å². The molecule has 0 N–H and O–H groups in total. The van der Waals surface area contributed by atoms with Crippen molar-refractivity contribution in [3.05, 3.63) is 23.7 Å². The van der Waals surface area contributed by atoms with E-state index >= 15 is 0 Å². The highest BCUT2D eigenvalue weighted by molar-refractivity contribution is 6.28. The third kappa shape index (κ3) is 3.50. The average molecular weight is 308 g/mol. The molecule has 0 bridgehead atoms. The number of nitrogens with zero attached hydrogens (tertiary/aromatic N) is 5. The van der Waals surface area contributed by atoms with Crippen LogP contribution in [-0.4, -0.2) is 30.8 Å². The molecule has 0 unspecified atom stereocenters. The Morgan fingerprint density at radius 1 is 1.24 bits per heavy atom. The molecular weight excluding hydrogens is 290 g/mol. The Morgan fingerprint density at radius 3 is 2.67 bits per heavy atom. The van der Waals surface area contributed by atoms with Gasteiger partial charge >= 0.3 is 6.01 Å². The van der Waals surface area contributed by atoms with Gasteiger partial charge in [-0.2, -0.15) is 20.1 Å². The van der Waals surface area contributed by atoms with E-state index < -0.39 is 0 Å². The highest BCUT2D eigenvalue weighted by Gasteiger charge is 2.28. The minimum atomic E-state index is 0.113. The molecule has 7 heteroatoms. The third-order valence-corrected chi connectivity index (χ3v) is 4.01. The van der Waals surface area contributed by atoms with E-state index in [4.69, 9.17) is 16.3 Å². The maximum atomic E-state index is 5.95. The lowest BCUT2D eigenvalue weighted by molar-refractivity contribution is 0.0903. The van der Waals surface area contributed by atoms with Crippen LogP contribution in [0.4, 0.5) is 0 Å². The van der Waals surface area contributed by atoms with Crippen molar-refractivity contribution in [2.45, 2.75) is 45.6 Å². The molecule has 21 heavy (non-hydrogen) atoms. The summed E-state index contributed by atoms with van der Waals surface area (Å²) in [5.74, 6) is 0.367. The maximum Gasteiger partial charge on any atom is 0.322 e. The Hall–Kier alpha value is -1.69. The molecule has 6 nitrogen and oxygen atoms in total. The molecule has 1 aliphatic rings. The van der Waals surface area contributed by atoms with Crippen molar-refractivity contribution < 1.29 is 4.74 Å². The van der Waals surface area contributed by atoms with Crippen LogP contribution >= 0.6 is 11.6 Å². The molecule has 0 atom stereocenters. The summed E-state index contributed by atoms with van der Waals surface area (Å²) in [6, 6.07) is 2.06. The molecule has 0 aromatic carbocycles. The number of hydrogen-bond acceptors (Lipinski definition) is 5. The van der Waals surface area contributed by atoms with Crippen LogP contribution in [0.25, 0.3) is 5.95 Å². The van der Waals surface area contributed by atoms with Crippen LogP contribution in [0.3, 0.4) is 0 Å². The second kappa shape index (κ2) is 5.60. The maximum absolute atomic E-state index is 5.95. The summed E-state index contributed by atoms with van der Waals surface area (Å²) < 4.78 is 7.41. The second-order valence-corrected chi connectivity index (χ2v) is 6.46. The molecule has 0 amide bonds.